The topological polar surface area (TPSA) is 71.4 Å². The maximum Gasteiger partial charge on any atom is 0.224 e. The number of nitrogens with one attached hydrogen (secondary N) is 2. The van der Waals surface area contributed by atoms with Gasteiger partial charge in [-0.25, -0.2) is 0 Å². The van der Waals surface area contributed by atoms with Crippen LogP contribution in [-0.4, -0.2) is 27.7 Å². The van der Waals surface area contributed by atoms with Crippen LogP contribution in [0.1, 0.15) is 53.6 Å². The minimum absolute atomic E-state index is 0.0727. The predicted molar refractivity (Wildman–Crippen MR) is 160 cm³/mol. The molecule has 2 aromatic heterocycles. The fraction of sp³-hybridized carbons (Fsp3) is 0.258. The Bertz CT molecular complexity index is 1520. The molecule has 1 aliphatic heterocycles. The Morgan fingerprint density at radius 2 is 1.77 bits per heavy atom. The maximum absolute atomic E-state index is 12.1. The summed E-state index contributed by atoms with van der Waals surface area (Å²) in [6.07, 6.45) is 2.20. The lowest BCUT2D eigenvalue weighted by Crippen LogP contribution is -2.30. The van der Waals surface area contributed by atoms with Crippen LogP contribution < -0.4 is 20.3 Å². The lowest BCUT2D eigenvalue weighted by molar-refractivity contribution is -0.115. The van der Waals surface area contributed by atoms with Gasteiger partial charge in [0, 0.05) is 47.0 Å². The van der Waals surface area contributed by atoms with Crippen LogP contribution in [0.2, 0.25) is 0 Å². The van der Waals surface area contributed by atoms with Gasteiger partial charge in [-0.05, 0) is 75.0 Å². The number of hydrogen-bond acceptors (Lipinski definition) is 4. The van der Waals surface area contributed by atoms with Crippen LogP contribution in [0.5, 0.6) is 5.75 Å². The predicted octanol–water partition coefficient (Wildman–Crippen LogP) is 6.33. The number of amides is 1. The summed E-state index contributed by atoms with van der Waals surface area (Å²) >= 11 is 5.97. The zero-order valence-electron chi connectivity index (χ0n) is 22.9. The number of benzene rings is 2. The summed E-state index contributed by atoms with van der Waals surface area (Å²) in [6, 6.07) is 21.8. The lowest BCUT2D eigenvalue weighted by Gasteiger charge is -2.29. The number of carbonyl (C=O) groups excluding carboxylic acids is 1. The van der Waals surface area contributed by atoms with Gasteiger partial charge in [-0.15, -0.1) is 0 Å². The highest BCUT2D eigenvalue weighted by Crippen LogP contribution is 2.46. The summed E-state index contributed by atoms with van der Waals surface area (Å²) in [5, 5.41) is 7.08. The molecule has 0 radical (unpaired) electrons. The molecule has 3 heterocycles. The van der Waals surface area contributed by atoms with Crippen molar-refractivity contribution in [1.82, 2.24) is 14.9 Å². The van der Waals surface area contributed by atoms with Gasteiger partial charge < -0.3 is 24.8 Å². The van der Waals surface area contributed by atoms with Crippen LogP contribution in [0.3, 0.4) is 0 Å². The van der Waals surface area contributed by atoms with Crippen molar-refractivity contribution in [2.45, 2.75) is 46.2 Å². The van der Waals surface area contributed by atoms with Crippen molar-refractivity contribution in [3.05, 3.63) is 101 Å². The van der Waals surface area contributed by atoms with E-state index < -0.39 is 0 Å². The van der Waals surface area contributed by atoms with Gasteiger partial charge in [-0.2, -0.15) is 0 Å². The molecule has 0 bridgehead atoms. The highest BCUT2D eigenvalue weighted by atomic mass is 32.1. The summed E-state index contributed by atoms with van der Waals surface area (Å²) in [5.41, 5.74) is 8.26. The second-order valence-corrected chi connectivity index (χ2v) is 10.1. The Morgan fingerprint density at radius 1 is 1.03 bits per heavy atom. The molecule has 0 aliphatic carbocycles. The second-order valence-electron chi connectivity index (χ2n) is 9.66. The minimum atomic E-state index is -0.174. The van der Waals surface area contributed by atoms with E-state index in [1.165, 1.54) is 16.8 Å². The molecule has 200 valence electrons. The van der Waals surface area contributed by atoms with Gasteiger partial charge in [-0.1, -0.05) is 31.2 Å². The van der Waals surface area contributed by atoms with Crippen LogP contribution in [0.25, 0.3) is 5.69 Å². The van der Waals surface area contributed by atoms with E-state index in [1.807, 2.05) is 55.6 Å². The molecule has 5 rings (SSSR count). The number of anilines is 2. The second kappa shape index (κ2) is 10.9. The first-order valence-electron chi connectivity index (χ1n) is 13.1. The van der Waals surface area contributed by atoms with Crippen molar-refractivity contribution >= 4 is 34.6 Å². The molecule has 1 amide bonds. The molecule has 0 saturated carbocycles. The van der Waals surface area contributed by atoms with Crippen LogP contribution in [0, 0.1) is 20.8 Å². The van der Waals surface area contributed by atoms with Gasteiger partial charge in [0.25, 0.3) is 0 Å². The summed E-state index contributed by atoms with van der Waals surface area (Å²) in [6.45, 7) is 8.33. The van der Waals surface area contributed by atoms with E-state index in [-0.39, 0.29) is 18.0 Å². The third-order valence-corrected chi connectivity index (χ3v) is 7.79. The quantitative estimate of drug-likeness (QED) is 0.267. The van der Waals surface area contributed by atoms with Crippen molar-refractivity contribution in [3.8, 4) is 11.4 Å². The van der Waals surface area contributed by atoms with E-state index in [0.717, 1.165) is 22.8 Å². The molecular formula is C31H33N5O2S. The zero-order chi connectivity index (χ0) is 27.7. The van der Waals surface area contributed by atoms with Crippen LogP contribution in [0.4, 0.5) is 11.4 Å². The number of para-hydroxylation sites is 1. The largest absolute Gasteiger partial charge is 0.494 e. The normalized spacial score (nSPS) is 16.7. The molecular weight excluding hydrogens is 506 g/mol. The molecule has 2 atom stereocenters. The summed E-state index contributed by atoms with van der Waals surface area (Å²) in [7, 11) is 1.60. The van der Waals surface area contributed by atoms with E-state index in [4.69, 9.17) is 21.9 Å². The summed E-state index contributed by atoms with van der Waals surface area (Å²) < 4.78 is 7.99. The number of rotatable bonds is 7. The first-order chi connectivity index (χ1) is 18.8. The first kappa shape index (κ1) is 26.4. The first-order valence-corrected chi connectivity index (χ1v) is 13.5. The number of thiocarbonyl (C=S) groups is 1. The Balaban J connectivity index is 1.68. The third-order valence-electron chi connectivity index (χ3n) is 7.47. The number of nitrogens with zero attached hydrogens (tertiary/aromatic N) is 3. The lowest BCUT2D eigenvalue weighted by atomic mass is 9.93. The standard InChI is InChI=1S/C31H33N5O2S/c1-6-27(37)33-24-16-15-23(18-26(24)38-5)36-30(29(34-31(36)39)25-14-10-11-17-32-25)28-19(2)20(3)35(21(28)4)22-12-8-7-9-13-22/h7-18,29-30H,6H2,1-5H3,(H,33,37)(H,34,39)/t29-,30-/m1/s1. The van der Waals surface area contributed by atoms with Crippen molar-refractivity contribution in [3.63, 3.8) is 0 Å². The molecule has 4 aromatic rings. The molecule has 0 unspecified atom stereocenters. The Kier molecular flexibility index (Phi) is 7.39. The molecule has 2 aromatic carbocycles. The number of carbonyl (C=O) groups is 1. The fourth-order valence-corrected chi connectivity index (χ4v) is 5.85. The summed E-state index contributed by atoms with van der Waals surface area (Å²) in [4.78, 5) is 18.9. The van der Waals surface area contributed by atoms with Gasteiger partial charge in [0.15, 0.2) is 5.11 Å². The molecule has 1 aliphatic rings. The van der Waals surface area contributed by atoms with E-state index in [9.17, 15) is 4.79 Å². The average Bonchev–Trinajstić information content (AvgIpc) is 3.41. The molecule has 39 heavy (non-hydrogen) atoms. The van der Waals surface area contributed by atoms with Gasteiger partial charge in [0.2, 0.25) is 5.91 Å². The van der Waals surface area contributed by atoms with Crippen LogP contribution in [-0.2, 0) is 4.79 Å². The zero-order valence-corrected chi connectivity index (χ0v) is 23.7. The van der Waals surface area contributed by atoms with E-state index in [1.54, 1.807) is 7.11 Å². The molecule has 2 N–H and O–H groups in total. The molecule has 8 heteroatoms. The van der Waals surface area contributed by atoms with E-state index >= 15 is 0 Å². The van der Waals surface area contributed by atoms with Crippen molar-refractivity contribution in [1.29, 1.82) is 0 Å². The number of ether oxygens (including phenoxy) is 1. The van der Waals surface area contributed by atoms with Crippen molar-refractivity contribution < 1.29 is 9.53 Å². The molecule has 1 fully saturated rings. The highest BCUT2D eigenvalue weighted by molar-refractivity contribution is 7.80. The fourth-order valence-electron chi connectivity index (χ4n) is 5.50. The number of aromatic nitrogens is 2. The molecule has 0 spiro atoms. The van der Waals surface area contributed by atoms with Gasteiger partial charge in [0.05, 0.1) is 30.6 Å². The number of pyridine rings is 1. The van der Waals surface area contributed by atoms with Crippen molar-refractivity contribution in [2.24, 2.45) is 0 Å². The summed E-state index contributed by atoms with van der Waals surface area (Å²) in [5.74, 6) is 0.500. The monoisotopic (exact) mass is 539 g/mol. The smallest absolute Gasteiger partial charge is 0.224 e. The van der Waals surface area contributed by atoms with Crippen molar-refractivity contribution in [2.75, 3.05) is 17.3 Å². The van der Waals surface area contributed by atoms with E-state index in [2.05, 4.69) is 65.1 Å². The van der Waals surface area contributed by atoms with Crippen LogP contribution >= 0.6 is 12.2 Å². The SMILES string of the molecule is CCC(=O)Nc1ccc(N2C(=S)N[C@H](c3ccccn3)[C@H]2c2c(C)c(C)n(-c3ccccc3)c2C)cc1OC. The molecule has 1 saturated heterocycles. The third kappa shape index (κ3) is 4.76. The average molecular weight is 540 g/mol. The van der Waals surface area contributed by atoms with Gasteiger partial charge in [0.1, 0.15) is 5.75 Å². The number of methoxy groups -OCH3 is 1. The highest BCUT2D eigenvalue weighted by Gasteiger charge is 2.43. The maximum atomic E-state index is 12.1. The van der Waals surface area contributed by atoms with Gasteiger partial charge >= 0.3 is 0 Å². The Labute approximate surface area is 234 Å². The number of hydrogen-bond donors (Lipinski definition) is 2. The Morgan fingerprint density at radius 3 is 2.44 bits per heavy atom. The Hall–Kier alpha value is -4.17. The van der Waals surface area contributed by atoms with Gasteiger partial charge in [-0.3, -0.25) is 9.78 Å². The van der Waals surface area contributed by atoms with Crippen LogP contribution in [0.15, 0.2) is 72.9 Å². The molecule has 7 nitrogen and oxygen atoms in total. The minimum Gasteiger partial charge on any atom is -0.494 e. The van der Waals surface area contributed by atoms with E-state index in [0.29, 0.717) is 23.0 Å².